The molecule has 0 aliphatic carbocycles. The second kappa shape index (κ2) is 8.86. The number of ether oxygens (including phenoxy) is 2. The fourth-order valence-corrected chi connectivity index (χ4v) is 3.56. The van der Waals surface area contributed by atoms with Gasteiger partial charge >= 0.3 is 6.03 Å². The van der Waals surface area contributed by atoms with Crippen molar-refractivity contribution >= 4 is 6.03 Å². The van der Waals surface area contributed by atoms with Crippen LogP contribution in [0.15, 0.2) is 53.1 Å². The molecule has 0 bridgehead atoms. The van der Waals surface area contributed by atoms with Crippen LogP contribution >= 0.6 is 0 Å². The number of urea groups is 1. The van der Waals surface area contributed by atoms with E-state index in [0.29, 0.717) is 24.8 Å². The Morgan fingerprint density at radius 2 is 1.97 bits per heavy atom. The topological polar surface area (TPSA) is 89.7 Å². The molecule has 2 heterocycles. The maximum absolute atomic E-state index is 12.8. The molecule has 1 atom stereocenters. The fourth-order valence-electron chi connectivity index (χ4n) is 3.56. The lowest BCUT2D eigenvalue weighted by molar-refractivity contribution is 0.180. The van der Waals surface area contributed by atoms with E-state index in [9.17, 15) is 4.79 Å². The van der Waals surface area contributed by atoms with E-state index in [1.807, 2.05) is 48.5 Å². The molecule has 2 aromatic carbocycles. The summed E-state index contributed by atoms with van der Waals surface area (Å²) in [7, 11) is 3.24. The summed E-state index contributed by atoms with van der Waals surface area (Å²) in [5, 5.41) is 7.06. The largest absolute Gasteiger partial charge is 0.497 e. The Labute approximate surface area is 174 Å². The molecule has 8 heteroatoms. The Hall–Kier alpha value is -3.55. The molecule has 30 heavy (non-hydrogen) atoms. The molecular weight excluding hydrogens is 384 g/mol. The number of hydrogen-bond acceptors (Lipinski definition) is 6. The maximum Gasteiger partial charge on any atom is 0.318 e. The average Bonchev–Trinajstić information content (AvgIpc) is 3.47. The molecule has 0 saturated carbocycles. The van der Waals surface area contributed by atoms with E-state index in [1.165, 1.54) is 0 Å². The van der Waals surface area contributed by atoms with E-state index < -0.39 is 0 Å². The van der Waals surface area contributed by atoms with Gasteiger partial charge in [-0.15, -0.1) is 0 Å². The van der Waals surface area contributed by atoms with Crippen molar-refractivity contribution in [1.29, 1.82) is 0 Å². The van der Waals surface area contributed by atoms with Crippen LogP contribution in [0.25, 0.3) is 11.4 Å². The molecule has 1 aromatic heterocycles. The molecule has 8 nitrogen and oxygen atoms in total. The quantitative estimate of drug-likeness (QED) is 0.667. The molecule has 156 valence electrons. The van der Waals surface area contributed by atoms with Crippen molar-refractivity contribution in [2.75, 3.05) is 20.8 Å². The van der Waals surface area contributed by atoms with E-state index in [1.54, 1.807) is 19.1 Å². The van der Waals surface area contributed by atoms with Gasteiger partial charge in [0.1, 0.15) is 17.5 Å². The van der Waals surface area contributed by atoms with Crippen LogP contribution in [0.3, 0.4) is 0 Å². The van der Waals surface area contributed by atoms with Crippen LogP contribution in [0, 0.1) is 0 Å². The minimum absolute atomic E-state index is 0.149. The van der Waals surface area contributed by atoms with Gasteiger partial charge in [-0.2, -0.15) is 4.98 Å². The van der Waals surface area contributed by atoms with Crippen molar-refractivity contribution in [2.45, 2.75) is 25.4 Å². The Balaban J connectivity index is 1.42. The van der Waals surface area contributed by atoms with Gasteiger partial charge in [-0.05, 0) is 54.8 Å². The number of likely N-dealkylation sites (tertiary alicyclic amines) is 1. The third-order valence-corrected chi connectivity index (χ3v) is 5.17. The first-order valence-electron chi connectivity index (χ1n) is 9.83. The molecule has 1 N–H and O–H groups in total. The van der Waals surface area contributed by atoms with Crippen LogP contribution in [0.1, 0.15) is 30.3 Å². The predicted molar refractivity (Wildman–Crippen MR) is 110 cm³/mol. The third-order valence-electron chi connectivity index (χ3n) is 5.17. The summed E-state index contributed by atoms with van der Waals surface area (Å²) >= 11 is 0. The zero-order chi connectivity index (χ0) is 20.9. The monoisotopic (exact) mass is 408 g/mol. The first kappa shape index (κ1) is 19.8. The summed E-state index contributed by atoms with van der Waals surface area (Å²) in [5.74, 6) is 2.47. The molecule has 3 aromatic rings. The number of amides is 2. The number of rotatable bonds is 6. The molecule has 1 unspecified atom stereocenters. The van der Waals surface area contributed by atoms with Gasteiger partial charge in [-0.25, -0.2) is 4.79 Å². The van der Waals surface area contributed by atoms with Gasteiger partial charge < -0.3 is 24.2 Å². The average molecular weight is 408 g/mol. The molecule has 4 rings (SSSR count). The van der Waals surface area contributed by atoms with E-state index in [2.05, 4.69) is 15.5 Å². The SMILES string of the molecule is COc1ccc(-c2noc(C3CCCN3C(=O)NCc3cccc(OC)c3)n2)cc1. The summed E-state index contributed by atoms with van der Waals surface area (Å²) in [6.07, 6.45) is 1.67. The normalized spacial score (nSPS) is 15.8. The van der Waals surface area contributed by atoms with Gasteiger partial charge in [-0.3, -0.25) is 0 Å². The molecule has 1 fully saturated rings. The van der Waals surface area contributed by atoms with Crippen LogP contribution in [0.2, 0.25) is 0 Å². The lowest BCUT2D eigenvalue weighted by atomic mass is 10.2. The van der Waals surface area contributed by atoms with Crippen molar-refractivity contribution in [2.24, 2.45) is 0 Å². The zero-order valence-corrected chi connectivity index (χ0v) is 17.0. The van der Waals surface area contributed by atoms with Gasteiger partial charge in [0.2, 0.25) is 11.7 Å². The van der Waals surface area contributed by atoms with Crippen molar-refractivity contribution in [3.05, 3.63) is 60.0 Å². The van der Waals surface area contributed by atoms with Gasteiger partial charge in [0.25, 0.3) is 0 Å². The van der Waals surface area contributed by atoms with Crippen molar-refractivity contribution in [3.63, 3.8) is 0 Å². The predicted octanol–water partition coefficient (Wildman–Crippen LogP) is 3.80. The van der Waals surface area contributed by atoms with Gasteiger partial charge in [0.05, 0.1) is 14.2 Å². The highest BCUT2D eigenvalue weighted by Gasteiger charge is 2.34. The standard InChI is InChI=1S/C22H24N4O4/c1-28-17-10-8-16(9-11-17)20-24-21(30-25-20)19-7-4-12-26(19)22(27)23-14-15-5-3-6-18(13-15)29-2/h3,5-6,8-11,13,19H,4,7,12,14H2,1-2H3,(H,23,27). The molecule has 0 radical (unpaired) electrons. The number of nitrogens with zero attached hydrogens (tertiary/aromatic N) is 3. The summed E-state index contributed by atoms with van der Waals surface area (Å²) in [6, 6.07) is 14.7. The summed E-state index contributed by atoms with van der Waals surface area (Å²) in [5.41, 5.74) is 1.80. The highest BCUT2D eigenvalue weighted by Crippen LogP contribution is 2.32. The van der Waals surface area contributed by atoms with Crippen molar-refractivity contribution in [1.82, 2.24) is 20.4 Å². The molecular formula is C22H24N4O4. The molecule has 1 aliphatic heterocycles. The smallest absolute Gasteiger partial charge is 0.318 e. The molecule has 1 aliphatic rings. The lowest BCUT2D eigenvalue weighted by Gasteiger charge is -2.22. The summed E-state index contributed by atoms with van der Waals surface area (Å²) < 4.78 is 15.9. The van der Waals surface area contributed by atoms with Crippen LogP contribution in [0.5, 0.6) is 11.5 Å². The van der Waals surface area contributed by atoms with Crippen molar-refractivity contribution < 1.29 is 18.8 Å². The second-order valence-electron chi connectivity index (χ2n) is 7.05. The maximum atomic E-state index is 12.8. The Morgan fingerprint density at radius 3 is 2.73 bits per heavy atom. The highest BCUT2D eigenvalue weighted by atomic mass is 16.5. The highest BCUT2D eigenvalue weighted by molar-refractivity contribution is 5.75. The lowest BCUT2D eigenvalue weighted by Crippen LogP contribution is -2.39. The number of carbonyl (C=O) groups excluding carboxylic acids is 1. The number of hydrogen-bond donors (Lipinski definition) is 1. The van der Waals surface area contributed by atoms with E-state index in [0.717, 1.165) is 35.5 Å². The van der Waals surface area contributed by atoms with Crippen LogP contribution < -0.4 is 14.8 Å². The van der Waals surface area contributed by atoms with E-state index in [-0.39, 0.29) is 12.1 Å². The number of nitrogens with one attached hydrogen (secondary N) is 1. The molecule has 1 saturated heterocycles. The Kier molecular flexibility index (Phi) is 5.83. The van der Waals surface area contributed by atoms with Crippen molar-refractivity contribution in [3.8, 4) is 22.9 Å². The third kappa shape index (κ3) is 4.22. The van der Waals surface area contributed by atoms with Gasteiger partial charge in [0.15, 0.2) is 0 Å². The Bertz CT molecular complexity index is 1000. The summed E-state index contributed by atoms with van der Waals surface area (Å²) in [4.78, 5) is 19.1. The minimum Gasteiger partial charge on any atom is -0.497 e. The first-order chi connectivity index (χ1) is 14.7. The minimum atomic E-state index is -0.227. The zero-order valence-electron chi connectivity index (χ0n) is 17.0. The number of carbonyl (C=O) groups is 1. The number of benzene rings is 2. The number of methoxy groups -OCH3 is 2. The number of aromatic nitrogens is 2. The van der Waals surface area contributed by atoms with E-state index >= 15 is 0 Å². The first-order valence-corrected chi connectivity index (χ1v) is 9.83. The second-order valence-corrected chi connectivity index (χ2v) is 7.05. The summed E-state index contributed by atoms with van der Waals surface area (Å²) in [6.45, 7) is 1.06. The van der Waals surface area contributed by atoms with Crippen LogP contribution in [-0.4, -0.2) is 41.8 Å². The Morgan fingerprint density at radius 1 is 1.17 bits per heavy atom. The van der Waals surface area contributed by atoms with E-state index in [4.69, 9.17) is 14.0 Å². The van der Waals surface area contributed by atoms with Gasteiger partial charge in [-0.1, -0.05) is 17.3 Å². The molecule has 2 amide bonds. The van der Waals surface area contributed by atoms with Gasteiger partial charge in [0, 0.05) is 18.7 Å². The fraction of sp³-hybridized carbons (Fsp3) is 0.318. The van der Waals surface area contributed by atoms with Crippen LogP contribution in [-0.2, 0) is 6.54 Å². The molecule has 0 spiro atoms. The van der Waals surface area contributed by atoms with Crippen LogP contribution in [0.4, 0.5) is 4.79 Å².